The normalized spacial score (nSPS) is 11.2. The van der Waals surface area contributed by atoms with E-state index >= 15 is 0 Å². The molecule has 25 heavy (non-hydrogen) atoms. The summed E-state index contributed by atoms with van der Waals surface area (Å²) >= 11 is 0. The molecule has 0 aliphatic carbocycles. The molecule has 4 N–H and O–H groups in total. The van der Waals surface area contributed by atoms with Crippen molar-refractivity contribution in [2.45, 2.75) is 6.42 Å². The molecule has 0 atom stereocenters. The number of nitrogens with one attached hydrogen (secondary N) is 2. The summed E-state index contributed by atoms with van der Waals surface area (Å²) in [6, 6.07) is 3.87. The van der Waals surface area contributed by atoms with Crippen LogP contribution in [0.25, 0.3) is 22.3 Å². The van der Waals surface area contributed by atoms with E-state index in [1.54, 1.807) is 6.20 Å². The second-order valence-corrected chi connectivity index (χ2v) is 6.08. The minimum Gasteiger partial charge on any atom is -0.368 e. The van der Waals surface area contributed by atoms with Crippen molar-refractivity contribution in [2.75, 3.05) is 32.9 Å². The molecule has 0 aliphatic rings. The molecule has 0 fully saturated rings. The lowest BCUT2D eigenvalue weighted by molar-refractivity contribution is -0.121. The number of aromatic nitrogens is 4. The molecule has 0 unspecified atom stereocenters. The number of H-pyrrole nitrogens is 1. The van der Waals surface area contributed by atoms with Gasteiger partial charge >= 0.3 is 0 Å². The Labute approximate surface area is 145 Å². The van der Waals surface area contributed by atoms with E-state index in [4.69, 9.17) is 5.73 Å². The summed E-state index contributed by atoms with van der Waals surface area (Å²) < 4.78 is 0. The zero-order chi connectivity index (χ0) is 17.8. The van der Waals surface area contributed by atoms with Crippen LogP contribution in [0.2, 0.25) is 0 Å². The van der Waals surface area contributed by atoms with Gasteiger partial charge in [0.25, 0.3) is 0 Å². The third kappa shape index (κ3) is 4.10. The minimum atomic E-state index is 0.0119. The quantitative estimate of drug-likeness (QED) is 0.613. The van der Waals surface area contributed by atoms with Crippen molar-refractivity contribution in [3.8, 4) is 11.3 Å². The van der Waals surface area contributed by atoms with Crippen LogP contribution in [0.1, 0.15) is 5.56 Å². The second-order valence-electron chi connectivity index (χ2n) is 6.08. The third-order valence-corrected chi connectivity index (χ3v) is 3.73. The zero-order valence-corrected chi connectivity index (χ0v) is 14.3. The van der Waals surface area contributed by atoms with Crippen LogP contribution in [0.5, 0.6) is 0 Å². The van der Waals surface area contributed by atoms with Gasteiger partial charge in [0.2, 0.25) is 11.9 Å². The van der Waals surface area contributed by atoms with E-state index in [0.29, 0.717) is 19.5 Å². The summed E-state index contributed by atoms with van der Waals surface area (Å²) in [6.07, 6.45) is 6.02. The number of hydrogen-bond donors (Lipinski definition) is 3. The number of fused-ring (bicyclic) bond motifs is 1. The molecule has 130 valence electrons. The van der Waals surface area contributed by atoms with E-state index < -0.39 is 0 Å². The van der Waals surface area contributed by atoms with Crippen LogP contribution in [0.3, 0.4) is 0 Å². The first kappa shape index (κ1) is 16.8. The highest BCUT2D eigenvalue weighted by atomic mass is 16.1. The van der Waals surface area contributed by atoms with Gasteiger partial charge in [-0.1, -0.05) is 0 Å². The lowest BCUT2D eigenvalue weighted by atomic mass is 10.1. The molecule has 0 spiro atoms. The first-order chi connectivity index (χ1) is 12.0. The largest absolute Gasteiger partial charge is 0.368 e. The predicted molar refractivity (Wildman–Crippen MR) is 96.8 cm³/mol. The van der Waals surface area contributed by atoms with E-state index in [9.17, 15) is 4.79 Å². The summed E-state index contributed by atoms with van der Waals surface area (Å²) in [5, 5.41) is 3.87. The highest BCUT2D eigenvalue weighted by Gasteiger charge is 2.10. The Morgan fingerprint density at radius 1 is 1.36 bits per heavy atom. The summed E-state index contributed by atoms with van der Waals surface area (Å²) in [6.45, 7) is 0.953. The van der Waals surface area contributed by atoms with Crippen molar-refractivity contribution in [3.05, 3.63) is 36.3 Å². The maximum atomic E-state index is 11.7. The number of likely N-dealkylation sites (N-methyl/N-ethyl adjacent to an activating group) is 1. The van der Waals surface area contributed by atoms with Crippen LogP contribution in [-0.2, 0) is 11.2 Å². The first-order valence-corrected chi connectivity index (χ1v) is 7.99. The Kier molecular flexibility index (Phi) is 4.90. The number of carbonyl (C=O) groups excluding carboxylic acids is 1. The molecule has 0 saturated heterocycles. The summed E-state index contributed by atoms with van der Waals surface area (Å²) in [5.41, 5.74) is 9.18. The van der Waals surface area contributed by atoms with Gasteiger partial charge in [0.05, 0.1) is 12.2 Å². The molecular weight excluding hydrogens is 318 g/mol. The van der Waals surface area contributed by atoms with Crippen molar-refractivity contribution in [3.63, 3.8) is 0 Å². The summed E-state index contributed by atoms with van der Waals surface area (Å²) in [4.78, 5) is 29.3. The average molecular weight is 339 g/mol. The first-order valence-electron chi connectivity index (χ1n) is 7.99. The number of aromatic amines is 1. The number of rotatable bonds is 6. The van der Waals surface area contributed by atoms with Crippen molar-refractivity contribution in [2.24, 2.45) is 0 Å². The van der Waals surface area contributed by atoms with Gasteiger partial charge in [-0.2, -0.15) is 0 Å². The van der Waals surface area contributed by atoms with E-state index in [1.165, 1.54) is 0 Å². The molecule has 0 saturated carbocycles. The Balaban J connectivity index is 1.75. The monoisotopic (exact) mass is 339 g/mol. The van der Waals surface area contributed by atoms with Crippen LogP contribution in [0.4, 0.5) is 5.95 Å². The van der Waals surface area contributed by atoms with Crippen LogP contribution in [0.15, 0.2) is 30.7 Å². The smallest absolute Gasteiger partial charge is 0.234 e. The van der Waals surface area contributed by atoms with Crippen molar-refractivity contribution in [1.29, 1.82) is 0 Å². The fourth-order valence-corrected chi connectivity index (χ4v) is 2.61. The van der Waals surface area contributed by atoms with E-state index in [2.05, 4.69) is 31.3 Å². The molecule has 3 aromatic heterocycles. The van der Waals surface area contributed by atoms with Crippen LogP contribution in [0, 0.1) is 0 Å². The lowest BCUT2D eigenvalue weighted by Crippen LogP contribution is -2.34. The molecule has 0 radical (unpaired) electrons. The van der Waals surface area contributed by atoms with Crippen molar-refractivity contribution in [1.82, 2.24) is 30.2 Å². The molecule has 3 aromatic rings. The third-order valence-electron chi connectivity index (χ3n) is 3.73. The Morgan fingerprint density at radius 3 is 2.96 bits per heavy atom. The molecule has 3 rings (SSSR count). The topological polar surface area (TPSA) is 113 Å². The molecular formula is C17H21N7O. The van der Waals surface area contributed by atoms with Gasteiger partial charge in [0.15, 0.2) is 0 Å². The van der Waals surface area contributed by atoms with E-state index in [0.717, 1.165) is 27.9 Å². The highest BCUT2D eigenvalue weighted by Crippen LogP contribution is 2.27. The average Bonchev–Trinajstić information content (AvgIpc) is 2.97. The lowest BCUT2D eigenvalue weighted by Gasteiger charge is -2.10. The van der Waals surface area contributed by atoms with Crippen LogP contribution >= 0.6 is 0 Å². The highest BCUT2D eigenvalue weighted by molar-refractivity contribution is 5.92. The number of pyridine rings is 1. The standard InChI is InChI=1S/C17H21N7O/c1-24(2)10-15(25)19-5-3-11-7-12-13(9-22-16(12)21-8-11)14-4-6-20-17(18)23-14/h4,6-9H,3,5,10H2,1-2H3,(H,19,25)(H,21,22)(H2,18,20,23). The summed E-state index contributed by atoms with van der Waals surface area (Å²) in [7, 11) is 3.73. The molecule has 3 heterocycles. The minimum absolute atomic E-state index is 0.0119. The van der Waals surface area contributed by atoms with Gasteiger partial charge in [-0.15, -0.1) is 0 Å². The number of amides is 1. The Hall–Kier alpha value is -3.00. The van der Waals surface area contributed by atoms with Crippen molar-refractivity contribution < 1.29 is 4.79 Å². The molecule has 0 aromatic carbocycles. The number of carbonyl (C=O) groups is 1. The maximum Gasteiger partial charge on any atom is 0.234 e. The van der Waals surface area contributed by atoms with Gasteiger partial charge in [0.1, 0.15) is 5.65 Å². The summed E-state index contributed by atoms with van der Waals surface area (Å²) in [5.74, 6) is 0.248. The Morgan fingerprint density at radius 2 is 2.20 bits per heavy atom. The van der Waals surface area contributed by atoms with Gasteiger partial charge in [-0.05, 0) is 38.2 Å². The number of anilines is 1. The zero-order valence-electron chi connectivity index (χ0n) is 14.3. The molecule has 0 aliphatic heterocycles. The van der Waals surface area contributed by atoms with Gasteiger partial charge in [0, 0.05) is 36.1 Å². The molecule has 8 heteroatoms. The SMILES string of the molecule is CN(C)CC(=O)NCCc1cnc2[nH]cc(-c3ccnc(N)n3)c2c1. The molecule has 8 nitrogen and oxygen atoms in total. The van der Waals surface area contributed by atoms with Gasteiger partial charge < -0.3 is 20.9 Å². The van der Waals surface area contributed by atoms with Crippen molar-refractivity contribution >= 4 is 22.9 Å². The fraction of sp³-hybridized carbons (Fsp3) is 0.294. The van der Waals surface area contributed by atoms with E-state index in [-0.39, 0.29) is 11.9 Å². The van der Waals surface area contributed by atoms with Crippen LogP contribution < -0.4 is 11.1 Å². The number of hydrogen-bond acceptors (Lipinski definition) is 6. The molecule has 0 bridgehead atoms. The maximum absolute atomic E-state index is 11.7. The predicted octanol–water partition coefficient (Wildman–Crippen LogP) is 0.822. The van der Waals surface area contributed by atoms with E-state index in [1.807, 2.05) is 37.5 Å². The van der Waals surface area contributed by atoms with Gasteiger partial charge in [-0.25, -0.2) is 15.0 Å². The number of nitrogen functional groups attached to an aromatic ring is 1. The number of nitrogens with zero attached hydrogens (tertiary/aromatic N) is 4. The fourth-order valence-electron chi connectivity index (χ4n) is 2.61. The van der Waals surface area contributed by atoms with Crippen LogP contribution in [-0.4, -0.2) is 57.9 Å². The van der Waals surface area contributed by atoms with Gasteiger partial charge in [-0.3, -0.25) is 4.79 Å². The second kappa shape index (κ2) is 7.27. The number of nitrogens with two attached hydrogens (primary N) is 1. The molecule has 1 amide bonds. The Bertz CT molecular complexity index is 888.